The summed E-state index contributed by atoms with van der Waals surface area (Å²) in [5.41, 5.74) is 3.49. The number of aromatic nitrogens is 3. The zero-order valence-electron chi connectivity index (χ0n) is 28.2. The van der Waals surface area contributed by atoms with Gasteiger partial charge in [0.05, 0.1) is 16.4 Å². The molecule has 2 saturated heterocycles. The number of fused-ring (bicyclic) bond motifs is 1. The summed E-state index contributed by atoms with van der Waals surface area (Å²) in [6, 6.07) is 14.7. The highest BCUT2D eigenvalue weighted by Crippen LogP contribution is 2.34. The van der Waals surface area contributed by atoms with Crippen LogP contribution in [0, 0.1) is 6.92 Å². The third kappa shape index (κ3) is 6.91. The Hall–Kier alpha value is -3.65. The van der Waals surface area contributed by atoms with Crippen molar-refractivity contribution in [2.24, 2.45) is 0 Å². The summed E-state index contributed by atoms with van der Waals surface area (Å²) >= 11 is 0. The van der Waals surface area contributed by atoms with Crippen molar-refractivity contribution in [2.75, 3.05) is 44.8 Å². The molecular formula is C35H44N6O5S2. The molecule has 48 heavy (non-hydrogen) atoms. The number of sulfonamides is 1. The van der Waals surface area contributed by atoms with Crippen LogP contribution in [0.5, 0.6) is 0 Å². The van der Waals surface area contributed by atoms with Gasteiger partial charge in [0.2, 0.25) is 16.0 Å². The number of nitrogens with one attached hydrogen (secondary N) is 1. The second kappa shape index (κ2) is 13.3. The van der Waals surface area contributed by atoms with Gasteiger partial charge >= 0.3 is 0 Å². The molecule has 2 aromatic carbocycles. The Morgan fingerprint density at radius 2 is 1.54 bits per heavy atom. The van der Waals surface area contributed by atoms with Crippen molar-refractivity contribution in [3.05, 3.63) is 76.2 Å². The molecule has 2 aliphatic rings. The molecule has 1 N–H and O–H groups in total. The molecule has 0 aliphatic carbocycles. The van der Waals surface area contributed by atoms with E-state index in [9.17, 15) is 21.6 Å². The average Bonchev–Trinajstić information content (AvgIpc) is 3.05. The topological polar surface area (TPSA) is 135 Å². The Morgan fingerprint density at radius 1 is 0.875 bits per heavy atom. The summed E-state index contributed by atoms with van der Waals surface area (Å²) < 4.78 is 54.6. The maximum Gasteiger partial charge on any atom is 0.260 e. The molecular weight excluding hydrogens is 649 g/mol. The number of nitrogens with zero attached hydrogens (tertiary/aromatic N) is 5. The van der Waals surface area contributed by atoms with E-state index in [1.165, 1.54) is 16.1 Å². The fraction of sp³-hybridized carbons (Fsp3) is 0.457. The van der Waals surface area contributed by atoms with Crippen molar-refractivity contribution in [2.45, 2.75) is 68.6 Å². The van der Waals surface area contributed by atoms with Gasteiger partial charge in [-0.15, -0.1) is 0 Å². The molecule has 256 valence electrons. The lowest BCUT2D eigenvalue weighted by Gasteiger charge is -2.32. The molecule has 0 radical (unpaired) electrons. The maximum atomic E-state index is 14.5. The van der Waals surface area contributed by atoms with E-state index in [0.717, 1.165) is 37.2 Å². The smallest absolute Gasteiger partial charge is 0.260 e. The predicted molar refractivity (Wildman–Crippen MR) is 190 cm³/mol. The first kappa shape index (κ1) is 34.2. The van der Waals surface area contributed by atoms with Crippen LogP contribution in [0.3, 0.4) is 0 Å². The van der Waals surface area contributed by atoms with Crippen molar-refractivity contribution < 1.29 is 16.8 Å². The van der Waals surface area contributed by atoms with Crippen molar-refractivity contribution in [1.82, 2.24) is 23.7 Å². The average molecular weight is 693 g/mol. The lowest BCUT2D eigenvalue weighted by molar-refractivity contribution is 0.255. The highest BCUT2D eigenvalue weighted by atomic mass is 32.2. The summed E-state index contributed by atoms with van der Waals surface area (Å²) in [6.07, 6.45) is 5.91. The van der Waals surface area contributed by atoms with E-state index < -0.39 is 25.1 Å². The van der Waals surface area contributed by atoms with Gasteiger partial charge in [0, 0.05) is 47.5 Å². The summed E-state index contributed by atoms with van der Waals surface area (Å²) in [5.74, 6) is 0.858. The van der Waals surface area contributed by atoms with Crippen LogP contribution in [0.2, 0.25) is 0 Å². The second-order valence-electron chi connectivity index (χ2n) is 13.5. The summed E-state index contributed by atoms with van der Waals surface area (Å²) in [6.45, 7) is 7.77. The Bertz CT molecular complexity index is 2100. The van der Waals surface area contributed by atoms with Crippen molar-refractivity contribution in [3.8, 4) is 11.1 Å². The zero-order chi connectivity index (χ0) is 34.4. The molecule has 0 atom stereocenters. The minimum Gasteiger partial charge on any atom is -0.324 e. The first-order chi connectivity index (χ1) is 22.7. The number of benzene rings is 2. The van der Waals surface area contributed by atoms with Crippen LogP contribution in [0.4, 0.5) is 11.6 Å². The number of rotatable bonds is 8. The molecule has 2 aliphatic heterocycles. The Labute approximate surface area is 283 Å². The number of aryl methyl sites for hydroxylation is 1. The number of likely N-dealkylation sites (tertiary alicyclic amines) is 1. The van der Waals surface area contributed by atoms with Gasteiger partial charge in [0.25, 0.3) is 5.56 Å². The van der Waals surface area contributed by atoms with E-state index in [2.05, 4.69) is 34.4 Å². The third-order valence-electron chi connectivity index (χ3n) is 9.74. The number of hydrogen-bond acceptors (Lipinski definition) is 9. The molecule has 11 nitrogen and oxygen atoms in total. The Morgan fingerprint density at radius 3 is 2.17 bits per heavy atom. The number of hydrogen-bond donors (Lipinski definition) is 1. The van der Waals surface area contributed by atoms with E-state index in [4.69, 9.17) is 4.98 Å². The first-order valence-electron chi connectivity index (χ1n) is 16.5. The van der Waals surface area contributed by atoms with Crippen LogP contribution in [-0.4, -0.2) is 85.3 Å². The number of pyridine rings is 1. The van der Waals surface area contributed by atoms with Gasteiger partial charge < -0.3 is 10.2 Å². The second-order valence-corrected chi connectivity index (χ2v) is 18.0. The molecule has 0 unspecified atom stereocenters. The van der Waals surface area contributed by atoms with E-state index in [0.29, 0.717) is 41.3 Å². The van der Waals surface area contributed by atoms with E-state index in [1.54, 1.807) is 48.9 Å². The minimum absolute atomic E-state index is 0.107. The van der Waals surface area contributed by atoms with Gasteiger partial charge in [-0.2, -0.15) is 4.98 Å². The van der Waals surface area contributed by atoms with Crippen molar-refractivity contribution in [3.63, 3.8) is 0 Å². The molecule has 2 aromatic heterocycles. The largest absolute Gasteiger partial charge is 0.324 e. The van der Waals surface area contributed by atoms with Gasteiger partial charge in [-0.1, -0.05) is 24.3 Å². The van der Waals surface area contributed by atoms with Crippen LogP contribution >= 0.6 is 0 Å². The van der Waals surface area contributed by atoms with Crippen LogP contribution in [0.25, 0.3) is 22.2 Å². The standard InChI is InChI=1S/C35H44N6O5S2/c1-23(2)48(45,46)32-20-24(3)6-11-30(32)31-21-27-22-36-35(37-28-9-7-25(8-10-28)26-12-16-39(4)17-13-26)38-33(27)41(34(31)42)29-14-18-40(19-15-29)47(5,43)44/h6-11,20-23,26,29H,12-19H2,1-5H3,(H,36,37,38). The summed E-state index contributed by atoms with van der Waals surface area (Å²) in [4.78, 5) is 26.4. The SMILES string of the molecule is Cc1ccc(-c2cc3cnc(Nc4ccc(C5CCN(C)CC5)cc4)nc3n(C3CCN(S(C)(=O)=O)CC3)c2=O)c(S(=O)(=O)C(C)C)c1. The highest BCUT2D eigenvalue weighted by Gasteiger charge is 2.30. The lowest BCUT2D eigenvalue weighted by Crippen LogP contribution is -2.40. The van der Waals surface area contributed by atoms with Crippen LogP contribution in [0.1, 0.15) is 62.6 Å². The van der Waals surface area contributed by atoms with E-state index in [1.807, 2.05) is 19.1 Å². The van der Waals surface area contributed by atoms with Gasteiger partial charge in [0.1, 0.15) is 5.65 Å². The molecule has 13 heteroatoms. The first-order valence-corrected chi connectivity index (χ1v) is 19.9. The van der Waals surface area contributed by atoms with Gasteiger partial charge in [-0.05, 0) is 108 Å². The highest BCUT2D eigenvalue weighted by molar-refractivity contribution is 7.92. The molecule has 0 spiro atoms. The minimum atomic E-state index is -3.73. The van der Waals surface area contributed by atoms with Crippen LogP contribution in [0.15, 0.2) is 64.4 Å². The fourth-order valence-corrected chi connectivity index (χ4v) is 9.01. The fourth-order valence-electron chi connectivity index (χ4n) is 6.80. The molecule has 0 amide bonds. The monoisotopic (exact) mass is 692 g/mol. The molecule has 6 rings (SSSR count). The van der Waals surface area contributed by atoms with Crippen LogP contribution < -0.4 is 10.9 Å². The summed E-state index contributed by atoms with van der Waals surface area (Å²) in [7, 11) is -4.96. The molecule has 4 aromatic rings. The van der Waals surface area contributed by atoms with Gasteiger partial charge in [-0.25, -0.2) is 26.1 Å². The molecule has 2 fully saturated rings. The number of piperidine rings is 2. The third-order valence-corrected chi connectivity index (χ3v) is 13.2. The van der Waals surface area contributed by atoms with Crippen molar-refractivity contribution in [1.29, 1.82) is 0 Å². The maximum absolute atomic E-state index is 14.5. The van der Waals surface area contributed by atoms with Gasteiger partial charge in [-0.3, -0.25) is 9.36 Å². The Kier molecular flexibility index (Phi) is 9.51. The van der Waals surface area contributed by atoms with E-state index >= 15 is 0 Å². The quantitative estimate of drug-likeness (QED) is 0.268. The molecule has 0 bridgehead atoms. The summed E-state index contributed by atoms with van der Waals surface area (Å²) in [5, 5.41) is 3.18. The predicted octanol–water partition coefficient (Wildman–Crippen LogP) is 5.10. The number of anilines is 2. The van der Waals surface area contributed by atoms with Gasteiger partial charge in [0.15, 0.2) is 9.84 Å². The van der Waals surface area contributed by atoms with Crippen molar-refractivity contribution >= 4 is 42.5 Å². The zero-order valence-corrected chi connectivity index (χ0v) is 29.8. The molecule has 4 heterocycles. The normalized spacial score (nSPS) is 17.7. The molecule has 0 saturated carbocycles. The Balaban J connectivity index is 1.42. The van der Waals surface area contributed by atoms with Crippen LogP contribution in [-0.2, 0) is 19.9 Å². The van der Waals surface area contributed by atoms with E-state index in [-0.39, 0.29) is 35.1 Å². The lowest BCUT2D eigenvalue weighted by atomic mass is 9.89. The number of sulfone groups is 1.